The number of piperidine rings is 1. The second kappa shape index (κ2) is 5.08. The number of likely N-dealkylation sites (tertiary alicyclic amines) is 2. The van der Waals surface area contributed by atoms with E-state index in [0.29, 0.717) is 13.1 Å². The zero-order valence-electron chi connectivity index (χ0n) is 13.9. The molecule has 1 aliphatic carbocycles. The van der Waals surface area contributed by atoms with Crippen LogP contribution in [-0.2, 0) is 16.6 Å². The Morgan fingerprint density at radius 1 is 1.35 bits per heavy atom. The van der Waals surface area contributed by atoms with E-state index < -0.39 is 5.41 Å². The molecule has 6 nitrogen and oxygen atoms in total. The van der Waals surface area contributed by atoms with E-state index in [1.807, 2.05) is 34.6 Å². The SMILES string of the molecule is CN1CCC[C@]2(CN(C(=O)C3CC3)C[C@H]2c2ccnn2C)C1=O. The van der Waals surface area contributed by atoms with Gasteiger partial charge in [-0.3, -0.25) is 14.3 Å². The molecule has 1 saturated carbocycles. The summed E-state index contributed by atoms with van der Waals surface area (Å²) in [5, 5.41) is 4.29. The number of hydrogen-bond acceptors (Lipinski definition) is 3. The summed E-state index contributed by atoms with van der Waals surface area (Å²) in [6.45, 7) is 2.03. The molecule has 6 heteroatoms. The molecule has 3 heterocycles. The molecule has 1 spiro atoms. The van der Waals surface area contributed by atoms with Gasteiger partial charge in [-0.25, -0.2) is 0 Å². The van der Waals surface area contributed by atoms with Gasteiger partial charge in [0.15, 0.2) is 0 Å². The van der Waals surface area contributed by atoms with Gasteiger partial charge in [0.25, 0.3) is 0 Å². The molecule has 4 rings (SSSR count). The predicted molar refractivity (Wildman–Crippen MR) is 84.6 cm³/mol. The number of aromatic nitrogens is 2. The van der Waals surface area contributed by atoms with Crippen LogP contribution in [-0.4, -0.2) is 58.1 Å². The van der Waals surface area contributed by atoms with Gasteiger partial charge >= 0.3 is 0 Å². The first-order valence-corrected chi connectivity index (χ1v) is 8.55. The Bertz CT molecular complexity index is 651. The molecular formula is C17H24N4O2. The Morgan fingerprint density at radius 3 is 2.78 bits per heavy atom. The number of hydrogen-bond donors (Lipinski definition) is 0. The lowest BCUT2D eigenvalue weighted by Crippen LogP contribution is -2.51. The van der Waals surface area contributed by atoms with Gasteiger partial charge in [0, 0.05) is 57.5 Å². The molecule has 124 valence electrons. The van der Waals surface area contributed by atoms with Gasteiger partial charge < -0.3 is 9.80 Å². The van der Waals surface area contributed by atoms with Crippen molar-refractivity contribution in [3.8, 4) is 0 Å². The van der Waals surface area contributed by atoms with E-state index in [1.54, 1.807) is 6.20 Å². The van der Waals surface area contributed by atoms with Crippen LogP contribution in [0, 0.1) is 11.3 Å². The highest BCUT2D eigenvalue weighted by molar-refractivity contribution is 5.88. The monoisotopic (exact) mass is 316 g/mol. The predicted octanol–water partition coefficient (Wildman–Crippen LogP) is 0.994. The van der Waals surface area contributed by atoms with Gasteiger partial charge in [-0.05, 0) is 31.7 Å². The first-order chi connectivity index (χ1) is 11.0. The molecule has 1 aromatic heterocycles. The van der Waals surface area contributed by atoms with Crippen LogP contribution in [0.3, 0.4) is 0 Å². The summed E-state index contributed by atoms with van der Waals surface area (Å²) in [5.74, 6) is 0.692. The number of carbonyl (C=O) groups excluding carboxylic acids is 2. The zero-order valence-corrected chi connectivity index (χ0v) is 13.9. The molecule has 1 aromatic rings. The standard InChI is InChI=1S/C17H24N4O2/c1-19-9-3-7-17(16(19)23)11-21(15(22)12-4-5-12)10-13(17)14-6-8-18-20(14)2/h6,8,12-13H,3-5,7,9-11H2,1-2H3/t13-,17+/m0/s1. The maximum Gasteiger partial charge on any atom is 0.231 e. The Hall–Kier alpha value is -1.85. The molecule has 3 aliphatic rings. The fraction of sp³-hybridized carbons (Fsp3) is 0.706. The maximum absolute atomic E-state index is 13.1. The van der Waals surface area contributed by atoms with Crippen molar-refractivity contribution in [2.75, 3.05) is 26.7 Å². The molecule has 0 unspecified atom stereocenters. The van der Waals surface area contributed by atoms with Crippen LogP contribution in [0.15, 0.2) is 12.3 Å². The average Bonchev–Trinajstić information content (AvgIpc) is 3.20. The third kappa shape index (κ3) is 2.18. The van der Waals surface area contributed by atoms with Crippen LogP contribution in [0.1, 0.15) is 37.3 Å². The van der Waals surface area contributed by atoms with Crippen LogP contribution < -0.4 is 0 Å². The van der Waals surface area contributed by atoms with Crippen molar-refractivity contribution in [1.29, 1.82) is 0 Å². The van der Waals surface area contributed by atoms with Gasteiger partial charge in [0.05, 0.1) is 5.41 Å². The molecule has 23 heavy (non-hydrogen) atoms. The lowest BCUT2D eigenvalue weighted by molar-refractivity contribution is -0.145. The second-order valence-electron chi connectivity index (χ2n) is 7.41. The maximum atomic E-state index is 13.1. The first-order valence-electron chi connectivity index (χ1n) is 8.55. The fourth-order valence-electron chi connectivity index (χ4n) is 4.46. The van der Waals surface area contributed by atoms with Crippen molar-refractivity contribution in [3.05, 3.63) is 18.0 Å². The smallest absolute Gasteiger partial charge is 0.231 e. The number of amides is 2. The third-order valence-corrected chi connectivity index (χ3v) is 5.89. The summed E-state index contributed by atoms with van der Waals surface area (Å²) < 4.78 is 1.86. The highest BCUT2D eigenvalue weighted by Crippen LogP contribution is 2.50. The van der Waals surface area contributed by atoms with E-state index in [-0.39, 0.29) is 23.7 Å². The van der Waals surface area contributed by atoms with Gasteiger partial charge in [0.1, 0.15) is 0 Å². The normalized spacial score (nSPS) is 31.2. The molecule has 0 radical (unpaired) electrons. The summed E-state index contributed by atoms with van der Waals surface area (Å²) >= 11 is 0. The molecule has 0 N–H and O–H groups in total. The fourth-order valence-corrected chi connectivity index (χ4v) is 4.46. The number of aryl methyl sites for hydroxylation is 1. The Labute approximate surface area is 136 Å². The van der Waals surface area contributed by atoms with Crippen molar-refractivity contribution in [2.45, 2.75) is 31.6 Å². The quantitative estimate of drug-likeness (QED) is 0.818. The van der Waals surface area contributed by atoms with Crippen molar-refractivity contribution in [3.63, 3.8) is 0 Å². The highest BCUT2D eigenvalue weighted by atomic mass is 16.2. The highest BCUT2D eigenvalue weighted by Gasteiger charge is 2.57. The summed E-state index contributed by atoms with van der Waals surface area (Å²) in [7, 11) is 3.81. The number of rotatable bonds is 2. The molecule has 2 aliphatic heterocycles. The molecule has 2 saturated heterocycles. The zero-order chi connectivity index (χ0) is 16.2. The van der Waals surface area contributed by atoms with Crippen molar-refractivity contribution in [1.82, 2.24) is 19.6 Å². The third-order valence-electron chi connectivity index (χ3n) is 5.89. The lowest BCUT2D eigenvalue weighted by Gasteiger charge is -2.40. The van der Waals surface area contributed by atoms with E-state index in [2.05, 4.69) is 5.10 Å². The number of carbonyl (C=O) groups is 2. The van der Waals surface area contributed by atoms with Crippen LogP contribution in [0.2, 0.25) is 0 Å². The molecule has 2 atom stereocenters. The van der Waals surface area contributed by atoms with Crippen molar-refractivity contribution in [2.24, 2.45) is 18.4 Å². The van der Waals surface area contributed by atoms with E-state index in [1.165, 1.54) is 0 Å². The minimum Gasteiger partial charge on any atom is -0.345 e. The van der Waals surface area contributed by atoms with Crippen LogP contribution in [0.4, 0.5) is 0 Å². The second-order valence-corrected chi connectivity index (χ2v) is 7.41. The van der Waals surface area contributed by atoms with E-state index >= 15 is 0 Å². The van der Waals surface area contributed by atoms with E-state index in [9.17, 15) is 9.59 Å². The van der Waals surface area contributed by atoms with Gasteiger partial charge in [-0.2, -0.15) is 5.10 Å². The van der Waals surface area contributed by atoms with E-state index in [0.717, 1.165) is 37.9 Å². The van der Waals surface area contributed by atoms with Gasteiger partial charge in [0.2, 0.25) is 11.8 Å². The number of nitrogens with zero attached hydrogens (tertiary/aromatic N) is 4. The molecule has 3 fully saturated rings. The lowest BCUT2D eigenvalue weighted by atomic mass is 9.70. The first kappa shape index (κ1) is 14.7. The molecule has 0 aromatic carbocycles. The minimum absolute atomic E-state index is 0.0490. The van der Waals surface area contributed by atoms with E-state index in [4.69, 9.17) is 0 Å². The largest absolute Gasteiger partial charge is 0.345 e. The summed E-state index contributed by atoms with van der Waals surface area (Å²) in [6.07, 6.45) is 5.66. The average molecular weight is 316 g/mol. The minimum atomic E-state index is -0.467. The molecule has 2 amide bonds. The van der Waals surface area contributed by atoms with Crippen LogP contribution in [0.5, 0.6) is 0 Å². The Morgan fingerprint density at radius 2 is 2.13 bits per heavy atom. The Kier molecular flexibility index (Phi) is 3.25. The van der Waals surface area contributed by atoms with Gasteiger partial charge in [-0.15, -0.1) is 0 Å². The van der Waals surface area contributed by atoms with Gasteiger partial charge in [-0.1, -0.05) is 0 Å². The van der Waals surface area contributed by atoms with Crippen molar-refractivity contribution >= 4 is 11.8 Å². The van der Waals surface area contributed by atoms with Crippen LogP contribution >= 0.6 is 0 Å². The summed E-state index contributed by atoms with van der Waals surface area (Å²) in [4.78, 5) is 29.5. The summed E-state index contributed by atoms with van der Waals surface area (Å²) in [5.41, 5.74) is 0.602. The Balaban J connectivity index is 1.72. The topological polar surface area (TPSA) is 58.4 Å². The van der Waals surface area contributed by atoms with Crippen molar-refractivity contribution < 1.29 is 9.59 Å². The van der Waals surface area contributed by atoms with Crippen LogP contribution in [0.25, 0.3) is 0 Å². The molecule has 0 bridgehead atoms. The molecular weight excluding hydrogens is 292 g/mol. The summed E-state index contributed by atoms with van der Waals surface area (Å²) in [6, 6.07) is 2.00.